The fourth-order valence-electron chi connectivity index (χ4n) is 2.79. The van der Waals surface area contributed by atoms with E-state index in [4.69, 9.17) is 16.6 Å². The normalized spacial score (nSPS) is 17.1. The van der Waals surface area contributed by atoms with Crippen molar-refractivity contribution in [1.29, 1.82) is 0 Å². The zero-order valence-corrected chi connectivity index (χ0v) is 12.6. The highest BCUT2D eigenvalue weighted by Gasteiger charge is 2.17. The maximum absolute atomic E-state index is 5.92. The summed E-state index contributed by atoms with van der Waals surface area (Å²) in [6, 6.07) is 8.43. The van der Waals surface area contributed by atoms with Crippen LogP contribution in [0.4, 0.5) is 0 Å². The molecule has 0 radical (unpaired) electrons. The number of benzene rings is 1. The van der Waals surface area contributed by atoms with Gasteiger partial charge in [-0.15, -0.1) is 11.6 Å². The van der Waals surface area contributed by atoms with Gasteiger partial charge in [0.25, 0.3) is 0 Å². The number of para-hydroxylation sites is 2. The third-order valence-corrected chi connectivity index (χ3v) is 5.07. The lowest BCUT2D eigenvalue weighted by Gasteiger charge is -2.23. The number of thioether (sulfide) groups is 1. The monoisotopic (exact) mass is 294 g/mol. The van der Waals surface area contributed by atoms with Gasteiger partial charge in [0.1, 0.15) is 5.82 Å². The largest absolute Gasteiger partial charge is 0.328 e. The number of halogens is 1. The maximum Gasteiger partial charge on any atom is 0.111 e. The highest BCUT2D eigenvalue weighted by atomic mass is 35.5. The molecule has 1 aliphatic heterocycles. The Bertz CT molecular complexity index is 546. The average molecular weight is 295 g/mol. The van der Waals surface area contributed by atoms with E-state index in [0.717, 1.165) is 30.2 Å². The zero-order chi connectivity index (χ0) is 13.1. The summed E-state index contributed by atoms with van der Waals surface area (Å²) < 4.78 is 2.40. The second kappa shape index (κ2) is 6.19. The molecule has 102 valence electrons. The van der Waals surface area contributed by atoms with E-state index in [9.17, 15) is 0 Å². The van der Waals surface area contributed by atoms with Crippen LogP contribution in [0.2, 0.25) is 0 Å². The first-order valence-electron chi connectivity index (χ1n) is 6.96. The Morgan fingerprint density at radius 3 is 2.84 bits per heavy atom. The van der Waals surface area contributed by atoms with Crippen LogP contribution in [0.3, 0.4) is 0 Å². The molecule has 0 bridgehead atoms. The minimum Gasteiger partial charge on any atom is -0.328 e. The first-order chi connectivity index (χ1) is 9.38. The van der Waals surface area contributed by atoms with Crippen LogP contribution < -0.4 is 0 Å². The summed E-state index contributed by atoms with van der Waals surface area (Å²) >= 11 is 8.01. The quantitative estimate of drug-likeness (QED) is 0.794. The van der Waals surface area contributed by atoms with Crippen LogP contribution in [0.1, 0.15) is 18.7 Å². The molecule has 1 fully saturated rings. The van der Waals surface area contributed by atoms with E-state index in [1.165, 1.54) is 29.9 Å². The van der Waals surface area contributed by atoms with E-state index < -0.39 is 0 Å². The van der Waals surface area contributed by atoms with Crippen LogP contribution in [0.15, 0.2) is 24.3 Å². The molecular weight excluding hydrogens is 276 g/mol. The predicted molar refractivity (Wildman–Crippen MR) is 84.2 cm³/mol. The summed E-state index contributed by atoms with van der Waals surface area (Å²) in [6.45, 7) is 1.10. The number of hydrogen-bond acceptors (Lipinski definition) is 2. The molecule has 2 nitrogen and oxygen atoms in total. The molecule has 19 heavy (non-hydrogen) atoms. The molecule has 2 aromatic rings. The van der Waals surface area contributed by atoms with Crippen molar-refractivity contribution in [3.05, 3.63) is 30.1 Å². The van der Waals surface area contributed by atoms with Crippen LogP contribution >= 0.6 is 23.4 Å². The van der Waals surface area contributed by atoms with Gasteiger partial charge in [0.15, 0.2) is 0 Å². The van der Waals surface area contributed by atoms with Gasteiger partial charge in [0.2, 0.25) is 0 Å². The smallest absolute Gasteiger partial charge is 0.111 e. The highest BCUT2D eigenvalue weighted by Crippen LogP contribution is 2.26. The van der Waals surface area contributed by atoms with Crippen LogP contribution in [-0.2, 0) is 13.0 Å². The Hall–Kier alpha value is -0.670. The summed E-state index contributed by atoms with van der Waals surface area (Å²) in [5.74, 6) is 5.20. The van der Waals surface area contributed by atoms with Gasteiger partial charge in [-0.3, -0.25) is 0 Å². The van der Waals surface area contributed by atoms with Crippen molar-refractivity contribution < 1.29 is 0 Å². The molecule has 2 heterocycles. The van der Waals surface area contributed by atoms with Gasteiger partial charge in [-0.1, -0.05) is 12.1 Å². The molecule has 0 unspecified atom stereocenters. The Labute approximate surface area is 123 Å². The zero-order valence-electron chi connectivity index (χ0n) is 11.0. The van der Waals surface area contributed by atoms with Crippen molar-refractivity contribution >= 4 is 34.4 Å². The number of imidazole rings is 1. The van der Waals surface area contributed by atoms with E-state index in [0.29, 0.717) is 5.88 Å². The average Bonchev–Trinajstić information content (AvgIpc) is 2.79. The second-order valence-corrected chi connectivity index (χ2v) is 6.72. The molecule has 1 aliphatic rings. The summed E-state index contributed by atoms with van der Waals surface area (Å²) in [7, 11) is 0. The number of aryl methyl sites for hydroxylation is 1. The topological polar surface area (TPSA) is 17.8 Å². The van der Waals surface area contributed by atoms with Crippen molar-refractivity contribution in [1.82, 2.24) is 9.55 Å². The molecule has 0 saturated carbocycles. The van der Waals surface area contributed by atoms with Crippen molar-refractivity contribution in [2.75, 3.05) is 17.4 Å². The molecule has 1 saturated heterocycles. The van der Waals surface area contributed by atoms with Crippen molar-refractivity contribution in [3.63, 3.8) is 0 Å². The predicted octanol–water partition coefficient (Wildman–Crippen LogP) is 3.96. The molecule has 0 aliphatic carbocycles. The lowest BCUT2D eigenvalue weighted by molar-refractivity contribution is 0.416. The van der Waals surface area contributed by atoms with Gasteiger partial charge in [0, 0.05) is 18.8 Å². The summed E-state index contributed by atoms with van der Waals surface area (Å²) in [5, 5.41) is 0. The lowest BCUT2D eigenvalue weighted by atomic mass is 10.0. The first-order valence-corrected chi connectivity index (χ1v) is 8.65. The van der Waals surface area contributed by atoms with E-state index >= 15 is 0 Å². The molecule has 3 rings (SSSR count). The minimum atomic E-state index is 0.643. The van der Waals surface area contributed by atoms with Crippen molar-refractivity contribution in [3.8, 4) is 0 Å². The molecule has 0 spiro atoms. The third kappa shape index (κ3) is 2.92. The fraction of sp³-hybridized carbons (Fsp3) is 0.533. The van der Waals surface area contributed by atoms with E-state index in [1.807, 2.05) is 0 Å². The molecular formula is C15H19ClN2S. The minimum absolute atomic E-state index is 0.643. The Morgan fingerprint density at radius 1 is 1.26 bits per heavy atom. The van der Waals surface area contributed by atoms with Gasteiger partial charge in [-0.2, -0.15) is 11.8 Å². The fourth-order valence-corrected chi connectivity index (χ4v) is 4.16. The first kappa shape index (κ1) is 13.3. The van der Waals surface area contributed by atoms with Gasteiger partial charge < -0.3 is 4.57 Å². The number of alkyl halides is 1. The summed E-state index contributed by atoms with van der Waals surface area (Å²) in [4.78, 5) is 4.74. The highest BCUT2D eigenvalue weighted by molar-refractivity contribution is 7.99. The van der Waals surface area contributed by atoms with E-state index in [2.05, 4.69) is 40.6 Å². The number of rotatable bonds is 4. The van der Waals surface area contributed by atoms with Crippen LogP contribution in [0, 0.1) is 5.92 Å². The standard InChI is InChI=1S/C15H19ClN2S/c16-8-5-15-17-13-3-1-2-4-14(13)18(15)11-12-6-9-19-10-7-12/h1-4,12H,5-11H2. The Kier molecular flexibility index (Phi) is 4.34. The molecule has 1 aromatic carbocycles. The lowest BCUT2D eigenvalue weighted by Crippen LogP contribution is -2.18. The van der Waals surface area contributed by atoms with Crippen molar-refractivity contribution in [2.24, 2.45) is 5.92 Å². The number of aromatic nitrogens is 2. The second-order valence-electron chi connectivity index (χ2n) is 5.12. The third-order valence-electron chi connectivity index (χ3n) is 3.83. The molecule has 4 heteroatoms. The number of nitrogens with zero attached hydrogens (tertiary/aromatic N) is 2. The Balaban J connectivity index is 1.92. The number of fused-ring (bicyclic) bond motifs is 1. The summed E-state index contributed by atoms with van der Waals surface area (Å²) in [5.41, 5.74) is 2.37. The maximum atomic E-state index is 5.92. The van der Waals surface area contributed by atoms with Crippen LogP contribution in [0.5, 0.6) is 0 Å². The van der Waals surface area contributed by atoms with Gasteiger partial charge in [-0.25, -0.2) is 4.98 Å². The number of hydrogen-bond donors (Lipinski definition) is 0. The van der Waals surface area contributed by atoms with E-state index in [-0.39, 0.29) is 0 Å². The SMILES string of the molecule is ClCCc1nc2ccccc2n1CC1CCSCC1. The van der Waals surface area contributed by atoms with Crippen LogP contribution in [-0.4, -0.2) is 26.9 Å². The van der Waals surface area contributed by atoms with Crippen LogP contribution in [0.25, 0.3) is 11.0 Å². The van der Waals surface area contributed by atoms with E-state index in [1.54, 1.807) is 0 Å². The summed E-state index contributed by atoms with van der Waals surface area (Å²) in [6.07, 6.45) is 3.52. The van der Waals surface area contributed by atoms with Gasteiger partial charge in [0.05, 0.1) is 11.0 Å². The van der Waals surface area contributed by atoms with Gasteiger partial charge >= 0.3 is 0 Å². The van der Waals surface area contributed by atoms with Gasteiger partial charge in [-0.05, 0) is 42.4 Å². The Morgan fingerprint density at radius 2 is 2.05 bits per heavy atom. The molecule has 1 aromatic heterocycles. The molecule has 0 N–H and O–H groups in total. The molecule has 0 amide bonds. The molecule has 0 atom stereocenters. The van der Waals surface area contributed by atoms with Crippen molar-refractivity contribution in [2.45, 2.75) is 25.8 Å².